The van der Waals surface area contributed by atoms with Gasteiger partial charge in [0.15, 0.2) is 5.78 Å². The third-order valence-electron chi connectivity index (χ3n) is 10.8. The third-order valence-corrected chi connectivity index (χ3v) is 10.8. The zero-order valence-electron chi connectivity index (χ0n) is 22.4. The van der Waals surface area contributed by atoms with E-state index in [4.69, 9.17) is 0 Å². The van der Waals surface area contributed by atoms with E-state index in [1.165, 1.54) is 0 Å². The van der Waals surface area contributed by atoms with Crippen LogP contribution in [0.15, 0.2) is 0 Å². The molecule has 0 aliphatic heterocycles. The van der Waals surface area contributed by atoms with Crippen LogP contribution in [0.1, 0.15) is 71.6 Å². The summed E-state index contributed by atoms with van der Waals surface area (Å²) in [5, 5.41) is 19.6. The number of ketones is 4. The van der Waals surface area contributed by atoms with Gasteiger partial charge in [0.25, 0.3) is 0 Å². The number of Topliss-reactive ketones (excluding diaryl/α,β-unsaturated/α-hetero) is 4. The first-order valence-electron chi connectivity index (χ1n) is 13.1. The van der Waals surface area contributed by atoms with Gasteiger partial charge in [-0.3, -0.25) is 24.0 Å². The van der Waals surface area contributed by atoms with Crippen molar-refractivity contribution in [1.82, 2.24) is 0 Å². The Bertz CT molecular complexity index is 959. The number of hydrogen-bond acceptors (Lipinski definition) is 6. The fourth-order valence-electron chi connectivity index (χ4n) is 9.81. The molecule has 0 aromatic carbocycles. The molecule has 38 heavy (non-hydrogen) atoms. The summed E-state index contributed by atoms with van der Waals surface area (Å²) >= 11 is 0. The van der Waals surface area contributed by atoms with Gasteiger partial charge in [0.1, 0.15) is 24.0 Å². The quantitative estimate of drug-likeness (QED) is 0.386. The van der Waals surface area contributed by atoms with Gasteiger partial charge in [0.05, 0.1) is 5.92 Å². The van der Waals surface area contributed by atoms with E-state index < -0.39 is 47.1 Å². The fraction of sp³-hybridized carbons (Fsp3) is 0.815. The number of aliphatic carboxylic acids is 1. The first-order chi connectivity index (χ1) is 16.2. The molecule has 0 heterocycles. The van der Waals surface area contributed by atoms with E-state index in [1.807, 2.05) is 6.92 Å². The van der Waals surface area contributed by atoms with Gasteiger partial charge in [-0.2, -0.15) is 0 Å². The molecule has 198 valence electrons. The van der Waals surface area contributed by atoms with Crippen molar-refractivity contribution in [3.63, 3.8) is 0 Å². The monoisotopic (exact) mass is 828 g/mol. The minimum atomic E-state index is -0.925. The molecule has 0 aromatic rings. The van der Waals surface area contributed by atoms with E-state index in [2.05, 4.69) is 0 Å². The second-order valence-corrected chi connectivity index (χ2v) is 11.9. The molecule has 4 bridgehead atoms. The molecule has 5 aliphatic rings. The van der Waals surface area contributed by atoms with Gasteiger partial charge in [-0.15, -0.1) is 0 Å². The van der Waals surface area contributed by atoms with Crippen LogP contribution in [0.25, 0.3) is 0 Å². The number of fused-ring (bicyclic) bond motifs is 6. The van der Waals surface area contributed by atoms with Gasteiger partial charge in [0.2, 0.25) is 0 Å². The molecule has 11 heteroatoms. The maximum atomic E-state index is 14.4. The van der Waals surface area contributed by atoms with E-state index in [-0.39, 0.29) is 178 Å². The number of hydrogen-bond donors (Lipinski definition) is 2. The van der Waals surface area contributed by atoms with Crippen molar-refractivity contribution in [3.8, 4) is 0 Å². The summed E-state index contributed by atoms with van der Waals surface area (Å²) in [5.41, 5.74) is -1.35. The number of rotatable bonds is 8. The van der Waals surface area contributed by atoms with E-state index >= 15 is 0 Å². The van der Waals surface area contributed by atoms with Gasteiger partial charge in [-0.1, -0.05) is 13.8 Å². The zero-order valence-corrected chi connectivity index (χ0v) is 33.8. The van der Waals surface area contributed by atoms with Crippen molar-refractivity contribution < 1.29 is 165 Å². The third kappa shape index (κ3) is 5.59. The van der Waals surface area contributed by atoms with Gasteiger partial charge in [-0.25, -0.2) is 0 Å². The molecular formula is C27H36O7Y4. The van der Waals surface area contributed by atoms with Crippen LogP contribution >= 0.6 is 0 Å². The summed E-state index contributed by atoms with van der Waals surface area (Å²) in [6.45, 7) is 3.09. The molecule has 2 N–H and O–H groups in total. The summed E-state index contributed by atoms with van der Waals surface area (Å²) in [6.07, 6.45) is 5.04. The summed E-state index contributed by atoms with van der Waals surface area (Å²) in [5.74, 6) is -4.04. The van der Waals surface area contributed by atoms with Crippen LogP contribution in [0.2, 0.25) is 0 Å². The molecule has 7 nitrogen and oxygen atoms in total. The van der Waals surface area contributed by atoms with Crippen molar-refractivity contribution in [3.05, 3.63) is 0 Å². The molecule has 5 aliphatic carbocycles. The molecule has 2 spiro atoms. The Hall–Kier alpha value is 2.53. The predicted molar refractivity (Wildman–Crippen MR) is 120 cm³/mol. The van der Waals surface area contributed by atoms with Crippen LogP contribution in [0, 0.1) is 58.2 Å². The van der Waals surface area contributed by atoms with Crippen LogP contribution in [-0.4, -0.2) is 45.9 Å². The van der Waals surface area contributed by atoms with Crippen molar-refractivity contribution in [2.24, 2.45) is 58.2 Å². The van der Waals surface area contributed by atoms with E-state index in [0.717, 1.165) is 0 Å². The van der Waals surface area contributed by atoms with Gasteiger partial charge < -0.3 is 10.2 Å². The molecule has 0 saturated heterocycles. The van der Waals surface area contributed by atoms with Gasteiger partial charge in [-0.05, 0) is 68.6 Å². The molecule has 4 radical (unpaired) electrons. The Kier molecular flexibility index (Phi) is 14.7. The van der Waals surface area contributed by atoms with Crippen molar-refractivity contribution in [2.75, 3.05) is 6.61 Å². The topological polar surface area (TPSA) is 126 Å². The second-order valence-electron chi connectivity index (χ2n) is 11.9. The number of carbonyl (C=O) groups excluding carboxylic acids is 4. The first kappa shape index (κ1) is 38.6. The minimum Gasteiger partial charge on any atom is -0.481 e. The number of aliphatic hydroxyl groups is 1. The maximum Gasteiger partial charge on any atom is 0.307 e. The van der Waals surface area contributed by atoms with Gasteiger partial charge >= 0.3 is 5.97 Å². The number of carbonyl (C=O) groups is 5. The van der Waals surface area contributed by atoms with E-state index in [0.29, 0.717) is 57.8 Å². The van der Waals surface area contributed by atoms with Crippen molar-refractivity contribution >= 4 is 29.1 Å². The molecule has 5 saturated carbocycles. The summed E-state index contributed by atoms with van der Waals surface area (Å²) in [4.78, 5) is 65.2. The Morgan fingerprint density at radius 2 is 1.24 bits per heavy atom. The minimum absolute atomic E-state index is 0. The van der Waals surface area contributed by atoms with Crippen molar-refractivity contribution in [2.45, 2.75) is 71.6 Å². The summed E-state index contributed by atoms with van der Waals surface area (Å²) < 4.78 is 0. The van der Waals surface area contributed by atoms with Crippen LogP contribution < -0.4 is 0 Å². The Labute approximate surface area is 325 Å². The largest absolute Gasteiger partial charge is 0.481 e. The second kappa shape index (κ2) is 14.5. The Morgan fingerprint density at radius 3 is 1.66 bits per heavy atom. The average molecular weight is 828 g/mol. The molecule has 5 fully saturated rings. The van der Waals surface area contributed by atoms with Crippen LogP contribution in [0.3, 0.4) is 0 Å². The normalized spacial score (nSPS) is 41.3. The zero-order chi connectivity index (χ0) is 24.6. The SMILES string of the molecule is CCCC(=O)[C@H]1[C@@H](C(=O)O)C2C[C@@H]1[C@]1(CC[C@]3(CC4C[C@@H]3[C@H](C(=O)CO)[C@@H]4C(=O)CC)C1=O)C2.[Y].[Y].[Y].[Y]. The molecule has 0 amide bonds. The molecule has 10 atom stereocenters. The van der Waals surface area contributed by atoms with Crippen LogP contribution in [0.4, 0.5) is 0 Å². The maximum absolute atomic E-state index is 14.4. The first-order valence-corrected chi connectivity index (χ1v) is 13.1. The number of carboxylic acid groups (broad SMARTS) is 1. The summed E-state index contributed by atoms with van der Waals surface area (Å²) in [6, 6.07) is 0. The summed E-state index contributed by atoms with van der Waals surface area (Å²) in [7, 11) is 0. The van der Waals surface area contributed by atoms with E-state index in [9.17, 15) is 34.2 Å². The molecular weight excluding hydrogens is 792 g/mol. The van der Waals surface area contributed by atoms with Crippen molar-refractivity contribution in [1.29, 1.82) is 0 Å². The predicted octanol–water partition coefficient (Wildman–Crippen LogP) is 2.85. The molecule has 0 aromatic heterocycles. The standard InChI is InChI=1S/C27H36O7.4Y/c1-3-5-18(30)22-15-9-14(21(22)24(32)33)11-27(15)7-6-26(25(27)34)10-13-8-16(26)23(19(31)12-28)20(13)17(29)4-2;;;;/h13-16,20-23,28H,3-12H2,1-2H3,(H,32,33);;;;/t13?,14?,15-,16+,20-,21-,22-,23+,26+,27-;;;;/m0..../s1. The molecule has 2 unspecified atom stereocenters. The Balaban J connectivity index is 0.00000180. The van der Waals surface area contributed by atoms with Crippen LogP contribution in [-0.2, 0) is 155 Å². The van der Waals surface area contributed by atoms with E-state index in [1.54, 1.807) is 6.92 Å². The average Bonchev–Trinajstić information content (AvgIpc) is 3.60. The van der Waals surface area contributed by atoms with Gasteiger partial charge in [0, 0.05) is 172 Å². The van der Waals surface area contributed by atoms with Crippen LogP contribution in [0.5, 0.6) is 0 Å². The molecule has 5 rings (SSSR count). The number of carboxylic acids is 1. The fourth-order valence-corrected chi connectivity index (χ4v) is 9.81. The number of aliphatic hydroxyl groups excluding tert-OH is 1. The Morgan fingerprint density at radius 1 is 0.763 bits per heavy atom. The smallest absolute Gasteiger partial charge is 0.307 e.